The summed E-state index contributed by atoms with van der Waals surface area (Å²) >= 11 is 0. The van der Waals surface area contributed by atoms with Crippen molar-refractivity contribution in [2.45, 2.75) is 24.3 Å². The van der Waals surface area contributed by atoms with Crippen LogP contribution in [0.25, 0.3) is 0 Å². The van der Waals surface area contributed by atoms with Crippen LogP contribution in [0.2, 0.25) is 0 Å². The van der Waals surface area contributed by atoms with Gasteiger partial charge in [-0.15, -0.1) is 0 Å². The molecule has 1 heterocycles. The van der Waals surface area contributed by atoms with Crippen molar-refractivity contribution in [3.05, 3.63) is 29.8 Å². The van der Waals surface area contributed by atoms with Gasteiger partial charge in [0.25, 0.3) is 0 Å². The van der Waals surface area contributed by atoms with E-state index < -0.39 is 26.6 Å². The van der Waals surface area contributed by atoms with Gasteiger partial charge in [-0.2, -0.15) is 0 Å². The Hall–Kier alpha value is -1.05. The fourth-order valence-corrected chi connectivity index (χ4v) is 3.53. The minimum absolute atomic E-state index is 0.146. The van der Waals surface area contributed by atoms with Crippen molar-refractivity contribution in [1.29, 1.82) is 0 Å². The number of nitrogens with one attached hydrogen (secondary N) is 2. The quantitative estimate of drug-likeness (QED) is 0.880. The molecule has 0 aromatic heterocycles. The van der Waals surface area contributed by atoms with Crippen LogP contribution in [-0.2, 0) is 10.0 Å². The van der Waals surface area contributed by atoms with Crippen molar-refractivity contribution >= 4 is 10.0 Å². The molecule has 106 valence electrons. The van der Waals surface area contributed by atoms with E-state index >= 15 is 0 Å². The molecule has 7 heteroatoms. The Bertz CT molecular complexity index is 563. The summed E-state index contributed by atoms with van der Waals surface area (Å²) < 4.78 is 53.2. The number of benzene rings is 1. The van der Waals surface area contributed by atoms with Gasteiger partial charge in [-0.25, -0.2) is 21.9 Å². The third-order valence-corrected chi connectivity index (χ3v) is 4.82. The SMILES string of the molecule is C[C@@H]1CCNC[C@@H]1NS(=O)(=O)c1cc(F)ccc1F. The maximum atomic E-state index is 13.5. The van der Waals surface area contributed by atoms with Crippen LogP contribution >= 0.6 is 0 Å². The van der Waals surface area contributed by atoms with Gasteiger partial charge in [0.05, 0.1) is 0 Å². The molecule has 1 fully saturated rings. The zero-order valence-electron chi connectivity index (χ0n) is 10.5. The highest BCUT2D eigenvalue weighted by atomic mass is 32.2. The van der Waals surface area contributed by atoms with E-state index in [1.54, 1.807) is 0 Å². The second kappa shape index (κ2) is 5.52. The van der Waals surface area contributed by atoms with E-state index in [1.165, 1.54) is 0 Å². The molecule has 1 aromatic rings. The van der Waals surface area contributed by atoms with Crippen molar-refractivity contribution in [2.24, 2.45) is 5.92 Å². The molecule has 19 heavy (non-hydrogen) atoms. The summed E-state index contributed by atoms with van der Waals surface area (Å²) in [6, 6.07) is 2.07. The summed E-state index contributed by atoms with van der Waals surface area (Å²) in [5.41, 5.74) is 0. The van der Waals surface area contributed by atoms with Crippen LogP contribution in [0.3, 0.4) is 0 Å². The van der Waals surface area contributed by atoms with Gasteiger partial charge in [-0.3, -0.25) is 0 Å². The lowest BCUT2D eigenvalue weighted by Crippen LogP contribution is -2.50. The van der Waals surface area contributed by atoms with Gasteiger partial charge < -0.3 is 5.32 Å². The first kappa shape index (κ1) is 14.4. The van der Waals surface area contributed by atoms with Crippen LogP contribution in [0.5, 0.6) is 0 Å². The van der Waals surface area contributed by atoms with Crippen molar-refractivity contribution in [1.82, 2.24) is 10.0 Å². The lowest BCUT2D eigenvalue weighted by molar-refractivity contribution is 0.326. The number of hydrogen-bond donors (Lipinski definition) is 2. The molecule has 2 rings (SSSR count). The number of halogens is 2. The lowest BCUT2D eigenvalue weighted by atomic mass is 9.96. The van der Waals surface area contributed by atoms with E-state index in [1.807, 2.05) is 6.92 Å². The molecule has 0 saturated carbocycles. The van der Waals surface area contributed by atoms with Crippen LogP contribution < -0.4 is 10.0 Å². The largest absolute Gasteiger partial charge is 0.315 e. The van der Waals surface area contributed by atoms with E-state index in [2.05, 4.69) is 10.0 Å². The Kier molecular flexibility index (Phi) is 4.17. The van der Waals surface area contributed by atoms with Gasteiger partial charge in [0.2, 0.25) is 10.0 Å². The smallest absolute Gasteiger partial charge is 0.243 e. The molecular weight excluding hydrogens is 274 g/mol. The maximum absolute atomic E-state index is 13.5. The summed E-state index contributed by atoms with van der Waals surface area (Å²) in [5, 5.41) is 3.07. The molecule has 2 atom stereocenters. The van der Waals surface area contributed by atoms with E-state index in [9.17, 15) is 17.2 Å². The van der Waals surface area contributed by atoms with E-state index in [-0.39, 0.29) is 12.0 Å². The Balaban J connectivity index is 2.24. The first-order chi connectivity index (χ1) is 8.90. The normalized spacial score (nSPS) is 24.4. The highest BCUT2D eigenvalue weighted by molar-refractivity contribution is 7.89. The second-order valence-electron chi connectivity index (χ2n) is 4.77. The third kappa shape index (κ3) is 3.29. The van der Waals surface area contributed by atoms with Crippen LogP contribution in [0.4, 0.5) is 8.78 Å². The zero-order chi connectivity index (χ0) is 14.0. The highest BCUT2D eigenvalue weighted by Gasteiger charge is 2.28. The zero-order valence-corrected chi connectivity index (χ0v) is 11.3. The summed E-state index contributed by atoms with van der Waals surface area (Å²) in [5.74, 6) is -1.59. The maximum Gasteiger partial charge on any atom is 0.243 e. The fraction of sp³-hybridized carbons (Fsp3) is 0.500. The van der Waals surface area contributed by atoms with Gasteiger partial charge in [0, 0.05) is 12.6 Å². The highest BCUT2D eigenvalue weighted by Crippen LogP contribution is 2.19. The van der Waals surface area contributed by atoms with Crippen molar-refractivity contribution in [3.63, 3.8) is 0 Å². The van der Waals surface area contributed by atoms with Crippen LogP contribution in [0.1, 0.15) is 13.3 Å². The topological polar surface area (TPSA) is 58.2 Å². The Morgan fingerprint density at radius 1 is 1.37 bits per heavy atom. The summed E-state index contributed by atoms with van der Waals surface area (Å²) in [4.78, 5) is -0.648. The molecule has 2 N–H and O–H groups in total. The third-order valence-electron chi connectivity index (χ3n) is 3.32. The summed E-state index contributed by atoms with van der Waals surface area (Å²) in [6.07, 6.45) is 0.832. The second-order valence-corrected chi connectivity index (χ2v) is 6.46. The molecule has 0 amide bonds. The molecule has 0 aliphatic carbocycles. The Labute approximate surface area is 111 Å². The van der Waals surface area contributed by atoms with E-state index in [0.717, 1.165) is 25.1 Å². The number of piperidine rings is 1. The van der Waals surface area contributed by atoms with E-state index in [4.69, 9.17) is 0 Å². The van der Waals surface area contributed by atoms with Crippen molar-refractivity contribution in [3.8, 4) is 0 Å². The number of sulfonamides is 1. The number of rotatable bonds is 3. The average molecular weight is 290 g/mol. The number of hydrogen-bond acceptors (Lipinski definition) is 3. The predicted molar refractivity (Wildman–Crippen MR) is 67.1 cm³/mol. The Morgan fingerprint density at radius 2 is 2.11 bits per heavy atom. The summed E-state index contributed by atoms with van der Waals surface area (Å²) in [7, 11) is -4.05. The standard InChI is InChI=1S/C12H16F2N2O2S/c1-8-4-5-15-7-11(8)16-19(17,18)12-6-9(13)2-3-10(12)14/h2-3,6,8,11,15-16H,4-5,7H2,1H3/t8-,11+/m1/s1. The molecule has 0 radical (unpaired) electrons. The molecule has 1 aliphatic heterocycles. The lowest BCUT2D eigenvalue weighted by Gasteiger charge is -2.30. The van der Waals surface area contributed by atoms with Gasteiger partial charge in [-0.05, 0) is 37.1 Å². The van der Waals surface area contributed by atoms with Gasteiger partial charge in [0.1, 0.15) is 16.5 Å². The molecule has 1 saturated heterocycles. The van der Waals surface area contributed by atoms with Gasteiger partial charge in [-0.1, -0.05) is 6.92 Å². The van der Waals surface area contributed by atoms with E-state index in [0.29, 0.717) is 12.6 Å². The average Bonchev–Trinajstić information content (AvgIpc) is 2.35. The van der Waals surface area contributed by atoms with Crippen LogP contribution in [0.15, 0.2) is 23.1 Å². The van der Waals surface area contributed by atoms with Gasteiger partial charge in [0.15, 0.2) is 0 Å². The molecule has 1 aromatic carbocycles. The molecule has 0 bridgehead atoms. The Morgan fingerprint density at radius 3 is 2.79 bits per heavy atom. The molecule has 1 aliphatic rings. The first-order valence-corrected chi connectivity index (χ1v) is 7.56. The fourth-order valence-electron chi connectivity index (χ4n) is 2.09. The molecular formula is C12H16F2N2O2S. The minimum atomic E-state index is -4.05. The summed E-state index contributed by atoms with van der Waals surface area (Å²) in [6.45, 7) is 3.24. The van der Waals surface area contributed by atoms with Crippen molar-refractivity contribution in [2.75, 3.05) is 13.1 Å². The van der Waals surface area contributed by atoms with Gasteiger partial charge >= 0.3 is 0 Å². The minimum Gasteiger partial charge on any atom is -0.315 e. The van der Waals surface area contributed by atoms with Crippen molar-refractivity contribution < 1.29 is 17.2 Å². The van der Waals surface area contributed by atoms with Crippen LogP contribution in [-0.4, -0.2) is 27.5 Å². The van der Waals surface area contributed by atoms with Crippen LogP contribution in [0, 0.1) is 17.6 Å². The molecule has 0 spiro atoms. The molecule has 0 unspecified atom stereocenters. The predicted octanol–water partition coefficient (Wildman–Crippen LogP) is 1.24. The monoisotopic (exact) mass is 290 g/mol. The molecule has 4 nitrogen and oxygen atoms in total. The first-order valence-electron chi connectivity index (χ1n) is 6.08.